The molecule has 150 valence electrons. The molecule has 0 bridgehead atoms. The van der Waals surface area contributed by atoms with Crippen LogP contribution in [0.5, 0.6) is 0 Å². The lowest BCUT2D eigenvalue weighted by Crippen LogP contribution is -2.20. The van der Waals surface area contributed by atoms with E-state index in [2.05, 4.69) is 52.9 Å². The van der Waals surface area contributed by atoms with Crippen LogP contribution < -0.4 is 16.4 Å². The van der Waals surface area contributed by atoms with E-state index in [0.717, 1.165) is 29.0 Å². The topological polar surface area (TPSA) is 106 Å². The van der Waals surface area contributed by atoms with Gasteiger partial charge < -0.3 is 16.4 Å². The van der Waals surface area contributed by atoms with E-state index in [9.17, 15) is 4.79 Å². The minimum absolute atomic E-state index is 0.0971. The van der Waals surface area contributed by atoms with E-state index >= 15 is 0 Å². The van der Waals surface area contributed by atoms with Gasteiger partial charge in [-0.15, -0.1) is 0 Å². The third-order valence-electron chi connectivity index (χ3n) is 4.28. The first-order valence-corrected chi connectivity index (χ1v) is 9.37. The molecule has 4 N–H and O–H groups in total. The Morgan fingerprint density at radius 2 is 1.93 bits per heavy atom. The highest BCUT2D eigenvalue weighted by atomic mass is 16.1. The molecule has 0 fully saturated rings. The Hall–Kier alpha value is -3.48. The summed E-state index contributed by atoms with van der Waals surface area (Å²) in [5, 5.41) is 7.47. The van der Waals surface area contributed by atoms with Crippen LogP contribution >= 0.6 is 0 Å². The van der Waals surface area contributed by atoms with Crippen molar-refractivity contribution in [1.29, 1.82) is 0 Å². The number of aromatic nitrogens is 3. The molecule has 1 aromatic carbocycles. The van der Waals surface area contributed by atoms with Crippen LogP contribution in [0.3, 0.4) is 0 Å². The fourth-order valence-electron chi connectivity index (χ4n) is 2.81. The molecule has 0 aliphatic heterocycles. The van der Waals surface area contributed by atoms with Gasteiger partial charge in [-0.05, 0) is 24.5 Å². The Bertz CT molecular complexity index is 1080. The maximum absolute atomic E-state index is 11.6. The zero-order chi connectivity index (χ0) is 21.2. The van der Waals surface area contributed by atoms with E-state index in [0.29, 0.717) is 17.2 Å². The van der Waals surface area contributed by atoms with Crippen LogP contribution in [-0.2, 0) is 4.79 Å². The second-order valence-corrected chi connectivity index (χ2v) is 8.17. The number of nitrogens with zero attached hydrogens (tertiary/aromatic N) is 3. The molecule has 0 saturated heterocycles. The van der Waals surface area contributed by atoms with Crippen LogP contribution in [0.1, 0.15) is 32.0 Å². The maximum Gasteiger partial charge on any atom is 0.248 e. The van der Waals surface area contributed by atoms with Crippen molar-refractivity contribution in [2.45, 2.75) is 27.7 Å². The van der Waals surface area contributed by atoms with Gasteiger partial charge in [-0.3, -0.25) is 4.79 Å². The maximum atomic E-state index is 11.6. The first kappa shape index (κ1) is 20.3. The Kier molecular flexibility index (Phi) is 5.50. The van der Waals surface area contributed by atoms with Crippen LogP contribution in [0.25, 0.3) is 16.5 Å². The number of primary amides is 1. The lowest BCUT2D eigenvalue weighted by atomic mass is 9.97. The molecule has 29 heavy (non-hydrogen) atoms. The van der Waals surface area contributed by atoms with Gasteiger partial charge in [0.25, 0.3) is 0 Å². The lowest BCUT2D eigenvalue weighted by molar-refractivity contribution is -0.112. The van der Waals surface area contributed by atoms with Gasteiger partial charge in [-0.2, -0.15) is 0 Å². The molecule has 2 heterocycles. The Labute approximate surface area is 170 Å². The number of hydrogen-bond acceptors (Lipinski definition) is 6. The summed E-state index contributed by atoms with van der Waals surface area (Å²) >= 11 is 0. The van der Waals surface area contributed by atoms with Gasteiger partial charge in [0.15, 0.2) is 5.82 Å². The average molecular weight is 390 g/mol. The Morgan fingerprint density at radius 3 is 2.62 bits per heavy atom. The summed E-state index contributed by atoms with van der Waals surface area (Å²) in [6.07, 6.45) is 1.76. The number of amides is 1. The number of carbonyl (C=O) groups excluding carboxylic acids is 1. The van der Waals surface area contributed by atoms with E-state index in [1.165, 1.54) is 0 Å². The largest absolute Gasteiger partial charge is 0.368 e. The third kappa shape index (κ3) is 4.87. The standard InChI is InChI=1S/C22H26N6O/c1-13-10-15-11-24-21(28-18(15)20(26-13)25-12-22(3,4)5)27-17-9-7-6-8-16(17)14(2)19(23)29/h6-11H,2,12H2,1,3-5H3,(H2,23,29)(H,25,26)(H,24,27,28). The molecule has 0 atom stereocenters. The lowest BCUT2D eigenvalue weighted by Gasteiger charge is -2.20. The summed E-state index contributed by atoms with van der Waals surface area (Å²) in [6.45, 7) is 12.9. The van der Waals surface area contributed by atoms with Crippen LogP contribution in [0, 0.1) is 12.3 Å². The minimum atomic E-state index is -0.577. The molecule has 2 aromatic heterocycles. The highest BCUT2D eigenvalue weighted by Gasteiger charge is 2.15. The van der Waals surface area contributed by atoms with E-state index < -0.39 is 5.91 Å². The molecule has 0 spiro atoms. The van der Waals surface area contributed by atoms with Crippen molar-refractivity contribution in [2.75, 3.05) is 17.2 Å². The molecule has 0 saturated carbocycles. The summed E-state index contributed by atoms with van der Waals surface area (Å²) in [6, 6.07) is 9.21. The van der Waals surface area contributed by atoms with Gasteiger partial charge in [0.1, 0.15) is 5.52 Å². The third-order valence-corrected chi connectivity index (χ3v) is 4.28. The molecule has 0 radical (unpaired) electrons. The SMILES string of the molecule is C=C(C(N)=O)c1ccccc1Nc1ncc2cc(C)nc(NCC(C)(C)C)c2n1. The van der Waals surface area contributed by atoms with E-state index in [4.69, 9.17) is 5.73 Å². The molecule has 7 nitrogen and oxygen atoms in total. The van der Waals surface area contributed by atoms with Crippen LogP contribution in [0.15, 0.2) is 43.1 Å². The van der Waals surface area contributed by atoms with Gasteiger partial charge in [-0.25, -0.2) is 15.0 Å². The first-order chi connectivity index (χ1) is 13.6. The zero-order valence-corrected chi connectivity index (χ0v) is 17.2. The highest BCUT2D eigenvalue weighted by molar-refractivity contribution is 6.19. The zero-order valence-electron chi connectivity index (χ0n) is 17.2. The average Bonchev–Trinajstić information content (AvgIpc) is 2.65. The number of anilines is 3. The molecular weight excluding hydrogens is 364 g/mol. The van der Waals surface area contributed by atoms with Gasteiger partial charge in [0, 0.05) is 40.6 Å². The molecule has 3 rings (SSSR count). The van der Waals surface area contributed by atoms with Crippen LogP contribution in [-0.4, -0.2) is 27.4 Å². The Balaban J connectivity index is 1.99. The fraction of sp³-hybridized carbons (Fsp3) is 0.273. The van der Waals surface area contributed by atoms with Gasteiger partial charge >= 0.3 is 0 Å². The van der Waals surface area contributed by atoms with Crippen molar-refractivity contribution in [3.8, 4) is 0 Å². The number of rotatable bonds is 6. The number of pyridine rings is 1. The number of hydrogen-bond donors (Lipinski definition) is 3. The van der Waals surface area contributed by atoms with E-state index in [1.54, 1.807) is 12.3 Å². The van der Waals surface area contributed by atoms with Gasteiger partial charge in [-0.1, -0.05) is 45.5 Å². The van der Waals surface area contributed by atoms with Gasteiger partial charge in [0.05, 0.1) is 0 Å². The second-order valence-electron chi connectivity index (χ2n) is 8.17. The fourth-order valence-corrected chi connectivity index (χ4v) is 2.81. The highest BCUT2D eigenvalue weighted by Crippen LogP contribution is 2.27. The number of para-hydroxylation sites is 1. The van der Waals surface area contributed by atoms with Crippen molar-refractivity contribution in [3.05, 3.63) is 54.4 Å². The van der Waals surface area contributed by atoms with Crippen molar-refractivity contribution in [3.63, 3.8) is 0 Å². The summed E-state index contributed by atoms with van der Waals surface area (Å²) in [5.41, 5.74) is 8.59. The molecular formula is C22H26N6O. The van der Waals surface area contributed by atoms with Crippen molar-refractivity contribution in [1.82, 2.24) is 15.0 Å². The molecule has 3 aromatic rings. The number of nitrogens with two attached hydrogens (primary N) is 1. The second kappa shape index (κ2) is 7.87. The molecule has 1 amide bonds. The summed E-state index contributed by atoms with van der Waals surface area (Å²) in [4.78, 5) is 25.3. The molecule has 0 aliphatic carbocycles. The molecule has 0 aliphatic rings. The van der Waals surface area contributed by atoms with Crippen LogP contribution in [0.2, 0.25) is 0 Å². The van der Waals surface area contributed by atoms with Crippen molar-refractivity contribution in [2.24, 2.45) is 11.1 Å². The summed E-state index contributed by atoms with van der Waals surface area (Å²) < 4.78 is 0. The minimum Gasteiger partial charge on any atom is -0.368 e. The predicted molar refractivity (Wildman–Crippen MR) is 118 cm³/mol. The monoisotopic (exact) mass is 390 g/mol. The first-order valence-electron chi connectivity index (χ1n) is 9.37. The van der Waals surface area contributed by atoms with Crippen molar-refractivity contribution >= 4 is 39.8 Å². The van der Waals surface area contributed by atoms with Gasteiger partial charge in [0.2, 0.25) is 11.9 Å². The quantitative estimate of drug-likeness (QED) is 0.549. The number of aryl methyl sites for hydroxylation is 1. The summed E-state index contributed by atoms with van der Waals surface area (Å²) in [5.74, 6) is 0.536. The number of fused-ring (bicyclic) bond motifs is 1. The van der Waals surface area contributed by atoms with Crippen LogP contribution in [0.4, 0.5) is 17.5 Å². The number of benzene rings is 1. The molecule has 7 heteroatoms. The number of carbonyl (C=O) groups is 1. The Morgan fingerprint density at radius 1 is 1.21 bits per heavy atom. The predicted octanol–water partition coefficient (Wildman–Crippen LogP) is 4.03. The van der Waals surface area contributed by atoms with E-state index in [1.807, 2.05) is 31.2 Å². The number of nitrogens with one attached hydrogen (secondary N) is 2. The smallest absolute Gasteiger partial charge is 0.248 e. The van der Waals surface area contributed by atoms with E-state index in [-0.39, 0.29) is 11.0 Å². The summed E-state index contributed by atoms with van der Waals surface area (Å²) in [7, 11) is 0. The normalized spacial score (nSPS) is 11.3. The molecule has 0 unspecified atom stereocenters. The van der Waals surface area contributed by atoms with Crippen molar-refractivity contribution < 1.29 is 4.79 Å².